The van der Waals surface area contributed by atoms with E-state index in [-0.39, 0.29) is 5.57 Å². The van der Waals surface area contributed by atoms with Gasteiger partial charge in [-0.3, -0.25) is 0 Å². The summed E-state index contributed by atoms with van der Waals surface area (Å²) in [7, 11) is 0. The highest BCUT2D eigenvalue weighted by molar-refractivity contribution is 5.90. The van der Waals surface area contributed by atoms with Crippen molar-refractivity contribution >= 4 is 5.97 Å². The molecule has 0 aliphatic heterocycles. The highest BCUT2D eigenvalue weighted by atomic mass is 16.5. The minimum atomic E-state index is -0.947. The van der Waals surface area contributed by atoms with Crippen LogP contribution in [0.5, 0.6) is 5.75 Å². The van der Waals surface area contributed by atoms with E-state index in [2.05, 4.69) is 5.32 Å². The molecule has 0 amide bonds. The summed E-state index contributed by atoms with van der Waals surface area (Å²) in [5, 5.41) is 12.9. The van der Waals surface area contributed by atoms with Crippen molar-refractivity contribution in [1.29, 1.82) is 0 Å². The predicted octanol–water partition coefficient (Wildman–Crippen LogP) is 4.81. The fourth-order valence-corrected chi connectivity index (χ4v) is 2.95. The van der Waals surface area contributed by atoms with Crippen LogP contribution in [0, 0.1) is 0 Å². The van der Waals surface area contributed by atoms with Gasteiger partial charge in [-0.1, -0.05) is 37.5 Å². The molecule has 2 rings (SSSR count). The molecule has 0 atom stereocenters. The van der Waals surface area contributed by atoms with Crippen LogP contribution in [-0.2, 0) is 4.79 Å². The van der Waals surface area contributed by atoms with Gasteiger partial charge in [0.15, 0.2) is 0 Å². The summed E-state index contributed by atoms with van der Waals surface area (Å²) in [5.74, 6) is -0.227. The Morgan fingerprint density at radius 3 is 2.44 bits per heavy atom. The molecule has 0 spiro atoms. The van der Waals surface area contributed by atoms with Crippen LogP contribution in [0.1, 0.15) is 46.0 Å². The zero-order valence-corrected chi connectivity index (χ0v) is 15.0. The van der Waals surface area contributed by atoms with Crippen LogP contribution in [0.25, 0.3) is 0 Å². The van der Waals surface area contributed by atoms with Gasteiger partial charge in [0.1, 0.15) is 5.75 Å². The molecule has 25 heavy (non-hydrogen) atoms. The van der Waals surface area contributed by atoms with Crippen molar-refractivity contribution in [1.82, 2.24) is 5.32 Å². The van der Waals surface area contributed by atoms with Crippen molar-refractivity contribution in [3.05, 3.63) is 65.6 Å². The van der Waals surface area contributed by atoms with E-state index in [1.54, 1.807) is 18.4 Å². The normalized spacial score (nSPS) is 17.3. The van der Waals surface area contributed by atoms with Gasteiger partial charge in [0.2, 0.25) is 0 Å². The first-order valence-electron chi connectivity index (χ1n) is 8.83. The van der Waals surface area contributed by atoms with E-state index in [1.807, 2.05) is 44.2 Å². The Morgan fingerprint density at radius 2 is 1.80 bits per heavy atom. The summed E-state index contributed by atoms with van der Waals surface area (Å²) >= 11 is 0. The topological polar surface area (TPSA) is 58.6 Å². The first-order chi connectivity index (χ1) is 12.0. The minimum Gasteiger partial charge on any atom is -0.478 e. The quantitative estimate of drug-likeness (QED) is 0.425. The Balaban J connectivity index is 2.03. The molecule has 134 valence electrons. The molecule has 1 fully saturated rings. The molecular formula is C21H27NO3. The second kappa shape index (κ2) is 9.72. The summed E-state index contributed by atoms with van der Waals surface area (Å²) < 4.78 is 5.54. The van der Waals surface area contributed by atoms with Crippen LogP contribution in [-0.4, -0.2) is 17.1 Å². The maximum absolute atomic E-state index is 11.5. The van der Waals surface area contributed by atoms with E-state index in [1.165, 1.54) is 19.3 Å². The minimum absolute atomic E-state index is 0.242. The molecular weight excluding hydrogens is 314 g/mol. The smallest absolute Gasteiger partial charge is 0.335 e. The van der Waals surface area contributed by atoms with Crippen LogP contribution < -0.4 is 10.1 Å². The number of allylic oxidation sites excluding steroid dienone is 3. The van der Waals surface area contributed by atoms with Gasteiger partial charge in [-0.05, 0) is 56.5 Å². The van der Waals surface area contributed by atoms with Gasteiger partial charge in [0.05, 0.1) is 11.8 Å². The summed E-state index contributed by atoms with van der Waals surface area (Å²) in [6.45, 7) is 3.74. The third-order valence-electron chi connectivity index (χ3n) is 4.16. The monoisotopic (exact) mass is 341 g/mol. The van der Waals surface area contributed by atoms with E-state index in [0.717, 1.165) is 29.9 Å². The molecule has 4 nitrogen and oxygen atoms in total. The Morgan fingerprint density at radius 1 is 1.12 bits per heavy atom. The third-order valence-corrected chi connectivity index (χ3v) is 4.16. The second-order valence-corrected chi connectivity index (χ2v) is 6.50. The number of hydrogen-bond donors (Lipinski definition) is 2. The maximum atomic E-state index is 11.5. The molecule has 1 aromatic carbocycles. The molecule has 0 unspecified atom stereocenters. The van der Waals surface area contributed by atoms with Gasteiger partial charge in [0.25, 0.3) is 0 Å². The van der Waals surface area contributed by atoms with Crippen molar-refractivity contribution in [3.8, 4) is 5.75 Å². The van der Waals surface area contributed by atoms with Gasteiger partial charge in [-0.25, -0.2) is 4.79 Å². The molecule has 0 radical (unpaired) electrons. The second-order valence-electron chi connectivity index (χ2n) is 6.50. The van der Waals surface area contributed by atoms with Crippen molar-refractivity contribution in [2.24, 2.45) is 0 Å². The van der Waals surface area contributed by atoms with E-state index < -0.39 is 5.97 Å². The van der Waals surface area contributed by atoms with E-state index >= 15 is 0 Å². The van der Waals surface area contributed by atoms with Crippen molar-refractivity contribution in [3.63, 3.8) is 0 Å². The van der Waals surface area contributed by atoms with Crippen LogP contribution in [0.4, 0.5) is 0 Å². The number of ether oxygens (including phenoxy) is 1. The van der Waals surface area contributed by atoms with Gasteiger partial charge < -0.3 is 15.2 Å². The third kappa shape index (κ3) is 6.87. The molecule has 0 bridgehead atoms. The molecule has 0 aromatic heterocycles. The van der Waals surface area contributed by atoms with E-state index in [9.17, 15) is 9.90 Å². The lowest BCUT2D eigenvalue weighted by Gasteiger charge is -2.24. The number of nitrogens with one attached hydrogen (secondary N) is 1. The number of para-hydroxylation sites is 1. The number of hydrogen-bond acceptors (Lipinski definition) is 3. The molecule has 1 aromatic rings. The Hall–Kier alpha value is -2.49. The highest BCUT2D eigenvalue weighted by Crippen LogP contribution is 2.19. The average Bonchev–Trinajstić information content (AvgIpc) is 2.61. The number of rotatable bonds is 7. The summed E-state index contributed by atoms with van der Waals surface area (Å²) in [6, 6.07) is 9.85. The molecule has 2 N–H and O–H groups in total. The van der Waals surface area contributed by atoms with Crippen molar-refractivity contribution < 1.29 is 14.6 Å². The summed E-state index contributed by atoms with van der Waals surface area (Å²) in [6.07, 6.45) is 11.0. The first kappa shape index (κ1) is 18.8. The maximum Gasteiger partial charge on any atom is 0.335 e. The lowest BCUT2D eigenvalue weighted by molar-refractivity contribution is -0.132. The number of carboxylic acids is 1. The highest BCUT2D eigenvalue weighted by Gasteiger charge is 2.13. The van der Waals surface area contributed by atoms with Gasteiger partial charge in [0, 0.05) is 11.7 Å². The fraction of sp³-hybridized carbons (Fsp3) is 0.381. The average molecular weight is 341 g/mol. The lowest BCUT2D eigenvalue weighted by atomic mass is 9.95. The largest absolute Gasteiger partial charge is 0.478 e. The standard InChI is InChI=1S/C21H27NO3/c1-16(15-25-20-11-7-4-8-12-20)13-18(21(23)24)14-17(2)22-19-9-5-3-6-10-19/h4,7-8,11-15,19,22H,3,5-6,9-10H2,1-2H3,(H,23,24)/b16-15+,17-14+,18-13+. The molecule has 1 saturated carbocycles. The van der Waals surface area contributed by atoms with E-state index in [4.69, 9.17) is 4.74 Å². The lowest BCUT2D eigenvalue weighted by Crippen LogP contribution is -2.29. The molecule has 0 saturated heterocycles. The van der Waals surface area contributed by atoms with Crippen LogP contribution in [0.15, 0.2) is 65.6 Å². The van der Waals surface area contributed by atoms with Crippen LogP contribution >= 0.6 is 0 Å². The summed E-state index contributed by atoms with van der Waals surface area (Å²) in [4.78, 5) is 11.5. The zero-order valence-electron chi connectivity index (χ0n) is 15.0. The number of carbonyl (C=O) groups is 1. The summed E-state index contributed by atoms with van der Waals surface area (Å²) in [5.41, 5.74) is 1.87. The Labute approximate surface area is 149 Å². The predicted molar refractivity (Wildman–Crippen MR) is 100 cm³/mol. The van der Waals surface area contributed by atoms with E-state index in [0.29, 0.717) is 6.04 Å². The van der Waals surface area contributed by atoms with Gasteiger partial charge in [-0.2, -0.15) is 0 Å². The number of benzene rings is 1. The van der Waals surface area contributed by atoms with Gasteiger partial charge >= 0.3 is 5.97 Å². The molecule has 1 aliphatic rings. The zero-order chi connectivity index (χ0) is 18.1. The SMILES string of the molecule is CC(=C\Oc1ccccc1)/C=C(\C=C(/C)NC1CCCCC1)C(=O)O. The van der Waals surface area contributed by atoms with Crippen molar-refractivity contribution in [2.45, 2.75) is 52.0 Å². The number of aliphatic carboxylic acids is 1. The Kier molecular flexibility index (Phi) is 7.33. The first-order valence-corrected chi connectivity index (χ1v) is 8.83. The fourth-order valence-electron chi connectivity index (χ4n) is 2.95. The van der Waals surface area contributed by atoms with Gasteiger partial charge in [-0.15, -0.1) is 0 Å². The Bertz CT molecular complexity index is 653. The van der Waals surface area contributed by atoms with Crippen LogP contribution in [0.2, 0.25) is 0 Å². The van der Waals surface area contributed by atoms with Crippen LogP contribution in [0.3, 0.4) is 0 Å². The molecule has 0 heterocycles. The number of carboxylic acid groups (broad SMARTS) is 1. The molecule has 4 heteroatoms. The van der Waals surface area contributed by atoms with Crippen molar-refractivity contribution in [2.75, 3.05) is 0 Å². The molecule has 1 aliphatic carbocycles.